The van der Waals surface area contributed by atoms with Gasteiger partial charge in [0.2, 0.25) is 0 Å². The summed E-state index contributed by atoms with van der Waals surface area (Å²) in [6.07, 6.45) is 4.14. The molecule has 3 rings (SSSR count). The van der Waals surface area contributed by atoms with Crippen LogP contribution in [0, 0.1) is 6.92 Å². The Hall–Kier alpha value is -0.700. The molecule has 86 valence electrons. The number of hydrogen-bond acceptors (Lipinski definition) is 2. The zero-order chi connectivity index (χ0) is 11.1. The molecule has 2 aliphatic rings. The SMILES string of the molecule is Cc1cc2c(n1C1CCSC1)CCCC2=O. The second kappa shape index (κ2) is 3.95. The maximum Gasteiger partial charge on any atom is 0.164 e. The first-order chi connectivity index (χ1) is 7.77. The number of rotatable bonds is 1. The van der Waals surface area contributed by atoms with Gasteiger partial charge in [0.15, 0.2) is 5.78 Å². The van der Waals surface area contributed by atoms with Crippen LogP contribution in [-0.4, -0.2) is 21.9 Å². The van der Waals surface area contributed by atoms with Crippen molar-refractivity contribution in [2.75, 3.05) is 11.5 Å². The fraction of sp³-hybridized carbons (Fsp3) is 0.615. The lowest BCUT2D eigenvalue weighted by molar-refractivity contribution is 0.0971. The third-order valence-corrected chi connectivity index (χ3v) is 4.87. The molecule has 1 atom stereocenters. The lowest BCUT2D eigenvalue weighted by Gasteiger charge is -2.20. The fourth-order valence-electron chi connectivity index (χ4n) is 2.99. The number of fused-ring (bicyclic) bond motifs is 1. The van der Waals surface area contributed by atoms with Crippen molar-refractivity contribution in [2.24, 2.45) is 0 Å². The van der Waals surface area contributed by atoms with Crippen LogP contribution >= 0.6 is 11.8 Å². The predicted molar refractivity (Wildman–Crippen MR) is 67.4 cm³/mol. The number of Topliss-reactive ketones (excluding diaryl/α,β-unsaturated/α-hetero) is 1. The van der Waals surface area contributed by atoms with Crippen LogP contribution in [0.3, 0.4) is 0 Å². The Morgan fingerprint density at radius 1 is 1.44 bits per heavy atom. The minimum absolute atomic E-state index is 0.355. The maximum atomic E-state index is 11.8. The molecule has 0 radical (unpaired) electrons. The zero-order valence-electron chi connectivity index (χ0n) is 9.66. The topological polar surface area (TPSA) is 22.0 Å². The molecule has 0 bridgehead atoms. The molecule has 2 heterocycles. The Kier molecular flexibility index (Phi) is 2.58. The van der Waals surface area contributed by atoms with Crippen LogP contribution in [0.15, 0.2) is 6.07 Å². The highest BCUT2D eigenvalue weighted by Crippen LogP contribution is 2.34. The van der Waals surface area contributed by atoms with Crippen molar-refractivity contribution in [3.8, 4) is 0 Å². The van der Waals surface area contributed by atoms with Gasteiger partial charge in [-0.25, -0.2) is 0 Å². The molecule has 1 fully saturated rings. The van der Waals surface area contributed by atoms with E-state index in [1.165, 1.54) is 29.3 Å². The minimum Gasteiger partial charge on any atom is -0.344 e. The summed E-state index contributed by atoms with van der Waals surface area (Å²) in [5, 5.41) is 0. The van der Waals surface area contributed by atoms with E-state index in [0.29, 0.717) is 11.8 Å². The summed E-state index contributed by atoms with van der Waals surface area (Å²) >= 11 is 2.03. The average molecular weight is 235 g/mol. The van der Waals surface area contributed by atoms with E-state index >= 15 is 0 Å². The summed E-state index contributed by atoms with van der Waals surface area (Å²) in [4.78, 5) is 11.8. The smallest absolute Gasteiger partial charge is 0.164 e. The molecule has 0 amide bonds. The van der Waals surface area contributed by atoms with Crippen LogP contribution in [0.5, 0.6) is 0 Å². The van der Waals surface area contributed by atoms with Gasteiger partial charge in [0.1, 0.15) is 0 Å². The first-order valence-corrected chi connectivity index (χ1v) is 7.24. The number of nitrogens with zero attached hydrogens (tertiary/aromatic N) is 1. The third kappa shape index (κ3) is 1.53. The molecule has 0 N–H and O–H groups in total. The molecule has 3 heteroatoms. The second-order valence-corrected chi connectivity index (χ2v) is 5.96. The molecule has 1 aliphatic heterocycles. The molecule has 1 saturated heterocycles. The summed E-state index contributed by atoms with van der Waals surface area (Å²) < 4.78 is 2.45. The maximum absolute atomic E-state index is 11.8. The van der Waals surface area contributed by atoms with Crippen molar-refractivity contribution < 1.29 is 4.79 Å². The van der Waals surface area contributed by atoms with E-state index in [1.54, 1.807) is 0 Å². The molecular weight excluding hydrogens is 218 g/mol. The minimum atomic E-state index is 0.355. The van der Waals surface area contributed by atoms with Gasteiger partial charge >= 0.3 is 0 Å². The number of ketones is 1. The lowest BCUT2D eigenvalue weighted by atomic mass is 9.96. The summed E-state index contributed by atoms with van der Waals surface area (Å²) in [6, 6.07) is 2.75. The molecule has 0 saturated carbocycles. The average Bonchev–Trinajstić information content (AvgIpc) is 2.85. The van der Waals surface area contributed by atoms with E-state index in [9.17, 15) is 4.79 Å². The Labute approximate surface area is 100 Å². The first kappa shape index (κ1) is 10.5. The van der Waals surface area contributed by atoms with Crippen LogP contribution in [0.4, 0.5) is 0 Å². The number of aromatic nitrogens is 1. The second-order valence-electron chi connectivity index (χ2n) is 4.81. The molecule has 0 spiro atoms. The van der Waals surface area contributed by atoms with Crippen molar-refractivity contribution >= 4 is 17.5 Å². The number of carbonyl (C=O) groups is 1. The van der Waals surface area contributed by atoms with Crippen molar-refractivity contribution in [3.05, 3.63) is 23.0 Å². The first-order valence-electron chi connectivity index (χ1n) is 6.09. The monoisotopic (exact) mass is 235 g/mol. The molecule has 0 aromatic carbocycles. The summed E-state index contributed by atoms with van der Waals surface area (Å²) in [5.74, 6) is 2.84. The van der Waals surface area contributed by atoms with Gasteiger partial charge in [-0.3, -0.25) is 4.79 Å². The molecule has 2 nitrogen and oxygen atoms in total. The Bertz CT molecular complexity index is 429. The van der Waals surface area contributed by atoms with Crippen LogP contribution < -0.4 is 0 Å². The highest BCUT2D eigenvalue weighted by atomic mass is 32.2. The quantitative estimate of drug-likeness (QED) is 0.746. The van der Waals surface area contributed by atoms with Crippen molar-refractivity contribution in [1.29, 1.82) is 0 Å². The van der Waals surface area contributed by atoms with Crippen molar-refractivity contribution in [3.63, 3.8) is 0 Å². The van der Waals surface area contributed by atoms with Gasteiger partial charge in [-0.2, -0.15) is 11.8 Å². The zero-order valence-corrected chi connectivity index (χ0v) is 10.5. The number of aryl methyl sites for hydroxylation is 1. The largest absolute Gasteiger partial charge is 0.344 e. The van der Waals surface area contributed by atoms with Crippen LogP contribution in [0.25, 0.3) is 0 Å². The molecule has 1 unspecified atom stereocenters. The van der Waals surface area contributed by atoms with Gasteiger partial charge in [0, 0.05) is 35.2 Å². The number of hydrogen-bond donors (Lipinski definition) is 0. The molecule has 1 aromatic heterocycles. The van der Waals surface area contributed by atoms with E-state index < -0.39 is 0 Å². The Balaban J connectivity index is 2.07. The Morgan fingerprint density at radius 3 is 3.06 bits per heavy atom. The normalized spacial score (nSPS) is 24.8. The van der Waals surface area contributed by atoms with Gasteiger partial charge in [0.25, 0.3) is 0 Å². The van der Waals surface area contributed by atoms with Crippen molar-refractivity contribution in [2.45, 2.75) is 38.6 Å². The summed E-state index contributed by atoms with van der Waals surface area (Å²) in [6.45, 7) is 2.15. The Morgan fingerprint density at radius 2 is 2.31 bits per heavy atom. The standard InChI is InChI=1S/C13H17NOS/c1-9-7-11-12(3-2-4-13(11)15)14(9)10-5-6-16-8-10/h7,10H,2-6,8H2,1H3. The van der Waals surface area contributed by atoms with E-state index in [2.05, 4.69) is 17.6 Å². The summed E-state index contributed by atoms with van der Waals surface area (Å²) in [5.41, 5.74) is 3.62. The van der Waals surface area contributed by atoms with E-state index in [1.807, 2.05) is 11.8 Å². The molecule has 1 aliphatic carbocycles. The summed E-state index contributed by atoms with van der Waals surface area (Å²) in [7, 11) is 0. The lowest BCUT2D eigenvalue weighted by Crippen LogP contribution is -2.17. The van der Waals surface area contributed by atoms with Crippen LogP contribution in [0.1, 0.15) is 47.1 Å². The van der Waals surface area contributed by atoms with Gasteiger partial charge < -0.3 is 4.57 Å². The van der Waals surface area contributed by atoms with Crippen LogP contribution in [0.2, 0.25) is 0 Å². The van der Waals surface area contributed by atoms with Gasteiger partial charge in [0.05, 0.1) is 0 Å². The molecular formula is C13H17NOS. The molecule has 1 aromatic rings. The highest BCUT2D eigenvalue weighted by Gasteiger charge is 2.27. The van der Waals surface area contributed by atoms with Gasteiger partial charge in [-0.15, -0.1) is 0 Å². The number of thioether (sulfide) groups is 1. The van der Waals surface area contributed by atoms with Crippen LogP contribution in [-0.2, 0) is 6.42 Å². The van der Waals surface area contributed by atoms with Gasteiger partial charge in [-0.05, 0) is 38.0 Å². The third-order valence-electron chi connectivity index (χ3n) is 3.72. The van der Waals surface area contributed by atoms with E-state index in [0.717, 1.165) is 24.8 Å². The van der Waals surface area contributed by atoms with E-state index in [4.69, 9.17) is 0 Å². The van der Waals surface area contributed by atoms with Crippen molar-refractivity contribution in [1.82, 2.24) is 4.57 Å². The van der Waals surface area contributed by atoms with E-state index in [-0.39, 0.29) is 0 Å². The fourth-order valence-corrected chi connectivity index (χ4v) is 4.18. The predicted octanol–water partition coefficient (Wildman–Crippen LogP) is 2.99. The van der Waals surface area contributed by atoms with Gasteiger partial charge in [-0.1, -0.05) is 0 Å². The highest BCUT2D eigenvalue weighted by molar-refractivity contribution is 7.99. The number of carbonyl (C=O) groups excluding carboxylic acids is 1. The molecule has 16 heavy (non-hydrogen) atoms.